The Morgan fingerprint density at radius 3 is 2.52 bits per heavy atom. The van der Waals surface area contributed by atoms with E-state index in [1.807, 2.05) is 30.3 Å². The van der Waals surface area contributed by atoms with Crippen molar-refractivity contribution < 1.29 is 19.0 Å². The number of methoxy groups -OCH3 is 2. The molecular weight excluding hydrogens is 364 g/mol. The third kappa shape index (κ3) is 4.31. The van der Waals surface area contributed by atoms with Gasteiger partial charge in [-0.3, -0.25) is 10.1 Å². The average molecular weight is 386 g/mol. The van der Waals surface area contributed by atoms with Crippen molar-refractivity contribution in [2.24, 2.45) is 0 Å². The first-order chi connectivity index (χ1) is 13.0. The quantitative estimate of drug-likeness (QED) is 0.649. The molecule has 0 saturated carbocycles. The van der Waals surface area contributed by atoms with Crippen LogP contribution in [0.25, 0.3) is 10.2 Å². The number of carbonyl (C=O) groups is 1. The number of thiazole rings is 1. The summed E-state index contributed by atoms with van der Waals surface area (Å²) in [6.45, 7) is 4.10. The molecule has 142 valence electrons. The molecule has 2 aromatic carbocycles. The van der Waals surface area contributed by atoms with Crippen molar-refractivity contribution >= 4 is 32.6 Å². The van der Waals surface area contributed by atoms with Crippen molar-refractivity contribution in [3.8, 4) is 17.2 Å². The van der Waals surface area contributed by atoms with E-state index in [2.05, 4.69) is 24.1 Å². The van der Waals surface area contributed by atoms with E-state index in [9.17, 15) is 4.79 Å². The number of fused-ring (bicyclic) bond motifs is 1. The number of para-hydroxylation sites is 1. The molecule has 0 fully saturated rings. The standard InChI is InChI=1S/C20H22N2O4S/c1-12(2)13-7-5-6-8-15(13)26-11-19(23)22-20-21-14-9-16(24-3)17(25-4)10-18(14)27-20/h5-10,12H,11H2,1-4H3,(H,21,22,23). The summed E-state index contributed by atoms with van der Waals surface area (Å²) in [5.74, 6) is 2.01. The number of rotatable bonds is 7. The van der Waals surface area contributed by atoms with E-state index in [1.165, 1.54) is 11.3 Å². The predicted octanol–water partition coefficient (Wildman–Crippen LogP) is 4.45. The van der Waals surface area contributed by atoms with Crippen molar-refractivity contribution in [1.82, 2.24) is 4.98 Å². The number of carbonyl (C=O) groups excluding carboxylic acids is 1. The van der Waals surface area contributed by atoms with Gasteiger partial charge in [-0.05, 0) is 17.5 Å². The summed E-state index contributed by atoms with van der Waals surface area (Å²) in [7, 11) is 3.16. The van der Waals surface area contributed by atoms with Crippen LogP contribution >= 0.6 is 11.3 Å². The first-order valence-electron chi connectivity index (χ1n) is 8.56. The Hall–Kier alpha value is -2.80. The number of anilines is 1. The molecule has 0 aliphatic carbocycles. The van der Waals surface area contributed by atoms with Gasteiger partial charge in [-0.1, -0.05) is 43.4 Å². The molecule has 0 saturated heterocycles. The average Bonchev–Trinajstić information content (AvgIpc) is 3.06. The van der Waals surface area contributed by atoms with Crippen LogP contribution in [0.2, 0.25) is 0 Å². The highest BCUT2D eigenvalue weighted by Gasteiger charge is 2.13. The lowest BCUT2D eigenvalue weighted by Gasteiger charge is -2.13. The molecule has 0 radical (unpaired) electrons. The van der Waals surface area contributed by atoms with Gasteiger partial charge in [-0.25, -0.2) is 4.98 Å². The van der Waals surface area contributed by atoms with E-state index < -0.39 is 0 Å². The molecule has 27 heavy (non-hydrogen) atoms. The number of aromatic nitrogens is 1. The van der Waals surface area contributed by atoms with Gasteiger partial charge in [-0.2, -0.15) is 0 Å². The largest absolute Gasteiger partial charge is 0.493 e. The zero-order chi connectivity index (χ0) is 19.4. The minimum Gasteiger partial charge on any atom is -0.493 e. The lowest BCUT2D eigenvalue weighted by molar-refractivity contribution is -0.118. The van der Waals surface area contributed by atoms with Crippen LogP contribution in [0.5, 0.6) is 17.2 Å². The minimum atomic E-state index is -0.258. The van der Waals surface area contributed by atoms with Crippen LogP contribution < -0.4 is 19.5 Å². The Labute approximate surface area is 162 Å². The molecular formula is C20H22N2O4S. The number of hydrogen-bond donors (Lipinski definition) is 1. The van der Waals surface area contributed by atoms with Gasteiger partial charge in [-0.15, -0.1) is 0 Å². The van der Waals surface area contributed by atoms with E-state index in [0.717, 1.165) is 21.5 Å². The summed E-state index contributed by atoms with van der Waals surface area (Å²) < 4.78 is 17.2. The number of nitrogens with one attached hydrogen (secondary N) is 1. The molecule has 6 nitrogen and oxygen atoms in total. The van der Waals surface area contributed by atoms with Crippen molar-refractivity contribution in [3.63, 3.8) is 0 Å². The lowest BCUT2D eigenvalue weighted by Crippen LogP contribution is -2.20. The number of hydrogen-bond acceptors (Lipinski definition) is 6. The predicted molar refractivity (Wildman–Crippen MR) is 107 cm³/mol. The summed E-state index contributed by atoms with van der Waals surface area (Å²) in [5.41, 5.74) is 1.81. The zero-order valence-corrected chi connectivity index (χ0v) is 16.6. The second kappa shape index (κ2) is 8.26. The van der Waals surface area contributed by atoms with Crippen molar-refractivity contribution in [1.29, 1.82) is 0 Å². The van der Waals surface area contributed by atoms with Crippen LogP contribution in [-0.2, 0) is 4.79 Å². The van der Waals surface area contributed by atoms with E-state index in [0.29, 0.717) is 22.5 Å². The van der Waals surface area contributed by atoms with E-state index >= 15 is 0 Å². The van der Waals surface area contributed by atoms with Crippen molar-refractivity contribution in [2.45, 2.75) is 19.8 Å². The lowest BCUT2D eigenvalue weighted by atomic mass is 10.0. The Morgan fingerprint density at radius 1 is 1.11 bits per heavy atom. The van der Waals surface area contributed by atoms with Gasteiger partial charge >= 0.3 is 0 Å². The second-order valence-electron chi connectivity index (χ2n) is 6.22. The van der Waals surface area contributed by atoms with Gasteiger partial charge in [0.05, 0.1) is 24.4 Å². The van der Waals surface area contributed by atoms with Gasteiger partial charge in [0.2, 0.25) is 0 Å². The molecule has 0 aliphatic heterocycles. The van der Waals surface area contributed by atoms with Crippen LogP contribution in [0.4, 0.5) is 5.13 Å². The molecule has 0 unspecified atom stereocenters. The van der Waals surface area contributed by atoms with E-state index in [-0.39, 0.29) is 12.5 Å². The summed E-state index contributed by atoms with van der Waals surface area (Å²) >= 11 is 1.37. The molecule has 7 heteroatoms. The highest BCUT2D eigenvalue weighted by atomic mass is 32.1. The molecule has 0 aliphatic rings. The Bertz CT molecular complexity index is 911. The maximum absolute atomic E-state index is 12.3. The van der Waals surface area contributed by atoms with Gasteiger partial charge < -0.3 is 14.2 Å². The van der Waals surface area contributed by atoms with Crippen LogP contribution in [0.1, 0.15) is 25.3 Å². The van der Waals surface area contributed by atoms with Crippen LogP contribution in [0.15, 0.2) is 36.4 Å². The number of benzene rings is 2. The minimum absolute atomic E-state index is 0.0771. The first kappa shape index (κ1) is 19.0. The molecule has 1 heterocycles. The summed E-state index contributed by atoms with van der Waals surface area (Å²) in [6.07, 6.45) is 0. The second-order valence-corrected chi connectivity index (χ2v) is 7.25. The Kier molecular flexibility index (Phi) is 5.81. The SMILES string of the molecule is COc1cc2nc(NC(=O)COc3ccccc3C(C)C)sc2cc1OC. The monoisotopic (exact) mass is 386 g/mol. The van der Waals surface area contributed by atoms with E-state index in [1.54, 1.807) is 20.3 Å². The smallest absolute Gasteiger partial charge is 0.264 e. The third-order valence-corrected chi connectivity index (χ3v) is 4.97. The molecule has 3 rings (SSSR count). The number of nitrogens with zero attached hydrogens (tertiary/aromatic N) is 1. The normalized spacial score (nSPS) is 10.9. The number of amides is 1. The van der Waals surface area contributed by atoms with Crippen molar-refractivity contribution in [3.05, 3.63) is 42.0 Å². The maximum Gasteiger partial charge on any atom is 0.264 e. The summed E-state index contributed by atoms with van der Waals surface area (Å²) in [5, 5.41) is 3.29. The van der Waals surface area contributed by atoms with Crippen LogP contribution in [-0.4, -0.2) is 31.7 Å². The molecule has 0 atom stereocenters. The van der Waals surface area contributed by atoms with Gasteiger partial charge in [0.25, 0.3) is 5.91 Å². The highest BCUT2D eigenvalue weighted by molar-refractivity contribution is 7.22. The molecule has 3 aromatic rings. The van der Waals surface area contributed by atoms with Crippen molar-refractivity contribution in [2.75, 3.05) is 26.1 Å². The topological polar surface area (TPSA) is 69.7 Å². The Morgan fingerprint density at radius 2 is 1.81 bits per heavy atom. The molecule has 0 spiro atoms. The molecule has 1 aromatic heterocycles. The maximum atomic E-state index is 12.3. The fraction of sp³-hybridized carbons (Fsp3) is 0.300. The first-order valence-corrected chi connectivity index (χ1v) is 9.37. The highest BCUT2D eigenvalue weighted by Crippen LogP contribution is 2.36. The van der Waals surface area contributed by atoms with Gasteiger partial charge in [0, 0.05) is 12.1 Å². The third-order valence-electron chi connectivity index (χ3n) is 4.04. The summed E-state index contributed by atoms with van der Waals surface area (Å²) in [6, 6.07) is 11.4. The Balaban J connectivity index is 1.69. The van der Waals surface area contributed by atoms with E-state index in [4.69, 9.17) is 14.2 Å². The van der Waals surface area contributed by atoms with Crippen LogP contribution in [0, 0.1) is 0 Å². The molecule has 0 bridgehead atoms. The van der Waals surface area contributed by atoms with Gasteiger partial charge in [0.15, 0.2) is 23.2 Å². The fourth-order valence-electron chi connectivity index (χ4n) is 2.70. The van der Waals surface area contributed by atoms with Crippen LogP contribution in [0.3, 0.4) is 0 Å². The zero-order valence-electron chi connectivity index (χ0n) is 15.7. The fourth-order valence-corrected chi connectivity index (χ4v) is 3.59. The summed E-state index contributed by atoms with van der Waals surface area (Å²) in [4.78, 5) is 16.7. The number of ether oxygens (including phenoxy) is 3. The van der Waals surface area contributed by atoms with Gasteiger partial charge in [0.1, 0.15) is 5.75 Å². The molecule has 1 N–H and O–H groups in total. The molecule has 1 amide bonds.